The van der Waals surface area contributed by atoms with E-state index in [0.717, 1.165) is 5.56 Å². The molecule has 37 heavy (non-hydrogen) atoms. The zero-order valence-electron chi connectivity index (χ0n) is 21.1. The van der Waals surface area contributed by atoms with Gasteiger partial charge in [0.25, 0.3) is 0 Å². The molecule has 1 fully saturated rings. The average molecular weight is 512 g/mol. The van der Waals surface area contributed by atoms with Gasteiger partial charge in [-0.3, -0.25) is 14.6 Å². The fourth-order valence-corrected chi connectivity index (χ4v) is 3.74. The molecule has 1 aliphatic heterocycles. The number of carbonyl (C=O) groups is 2. The molecule has 2 aromatic heterocycles. The number of hydrazine groups is 1. The van der Waals surface area contributed by atoms with Gasteiger partial charge < -0.3 is 25.3 Å². The van der Waals surface area contributed by atoms with Crippen LogP contribution in [0.15, 0.2) is 48.5 Å². The normalized spacial score (nSPS) is 15.3. The Balaban J connectivity index is 1.51. The second-order valence-electron chi connectivity index (χ2n) is 9.30. The van der Waals surface area contributed by atoms with Crippen molar-refractivity contribution in [3.05, 3.63) is 65.6 Å². The topological polar surface area (TPSA) is 145 Å². The number of amides is 2. The van der Waals surface area contributed by atoms with Crippen LogP contribution in [0.2, 0.25) is 0 Å². The second kappa shape index (κ2) is 12.1. The maximum Gasteiger partial charge on any atom is 0.422 e. The van der Waals surface area contributed by atoms with E-state index in [4.69, 9.17) is 19.9 Å². The molecule has 0 saturated carbocycles. The number of aromatic nitrogens is 3. The lowest BCUT2D eigenvalue weighted by Gasteiger charge is -2.26. The van der Waals surface area contributed by atoms with Gasteiger partial charge >= 0.3 is 6.09 Å². The number of carbonyl (C=O) groups excluding carboxylic acids is 2. The van der Waals surface area contributed by atoms with Crippen LogP contribution in [0.3, 0.4) is 0 Å². The molecule has 0 radical (unpaired) electrons. The highest BCUT2D eigenvalue weighted by Gasteiger charge is 2.28. The van der Waals surface area contributed by atoms with Gasteiger partial charge in [-0.2, -0.15) is 0 Å². The summed E-state index contributed by atoms with van der Waals surface area (Å²) in [5, 5.41) is 13.3. The predicted molar refractivity (Wildman–Crippen MR) is 134 cm³/mol. The minimum absolute atomic E-state index is 0.0352. The SMILES string of the molecule is CC(C)(N)C(=O)N[C@H](COCc1ccccc1)c1nnc2cccc(COC(=O)NN3CCOCC3)n12. The van der Waals surface area contributed by atoms with E-state index in [2.05, 4.69) is 20.9 Å². The molecular weight excluding hydrogens is 478 g/mol. The third-order valence-corrected chi connectivity index (χ3v) is 5.74. The van der Waals surface area contributed by atoms with Crippen LogP contribution in [-0.2, 0) is 32.2 Å². The highest BCUT2D eigenvalue weighted by molar-refractivity contribution is 5.85. The number of nitrogens with zero attached hydrogens (tertiary/aromatic N) is 4. The minimum atomic E-state index is -1.11. The zero-order valence-corrected chi connectivity index (χ0v) is 21.1. The van der Waals surface area contributed by atoms with Gasteiger partial charge in [-0.25, -0.2) is 9.80 Å². The van der Waals surface area contributed by atoms with Crippen LogP contribution in [0.25, 0.3) is 5.65 Å². The number of nitrogens with one attached hydrogen (secondary N) is 2. The van der Waals surface area contributed by atoms with Gasteiger partial charge in [0.15, 0.2) is 11.5 Å². The number of hydrogen-bond acceptors (Lipinski definition) is 9. The first-order valence-corrected chi connectivity index (χ1v) is 12.1. The summed E-state index contributed by atoms with van der Waals surface area (Å²) < 4.78 is 18.5. The maximum atomic E-state index is 12.8. The van der Waals surface area contributed by atoms with E-state index in [1.54, 1.807) is 41.5 Å². The summed E-state index contributed by atoms with van der Waals surface area (Å²) >= 11 is 0. The molecule has 4 N–H and O–H groups in total. The quantitative estimate of drug-likeness (QED) is 0.367. The van der Waals surface area contributed by atoms with Crippen molar-refractivity contribution in [3.8, 4) is 0 Å². The molecule has 12 nitrogen and oxygen atoms in total. The molecule has 0 unspecified atom stereocenters. The summed E-state index contributed by atoms with van der Waals surface area (Å²) in [7, 11) is 0. The number of nitrogens with two attached hydrogens (primary N) is 1. The Morgan fingerprint density at radius 1 is 1.08 bits per heavy atom. The Bertz CT molecular complexity index is 1190. The van der Waals surface area contributed by atoms with Crippen molar-refractivity contribution in [2.45, 2.75) is 38.6 Å². The lowest BCUT2D eigenvalue weighted by Crippen LogP contribution is -2.51. The summed E-state index contributed by atoms with van der Waals surface area (Å²) in [5.41, 5.74) is 9.80. The summed E-state index contributed by atoms with van der Waals surface area (Å²) in [5.74, 6) is 0.0737. The van der Waals surface area contributed by atoms with Gasteiger partial charge in [-0.1, -0.05) is 36.4 Å². The van der Waals surface area contributed by atoms with Crippen molar-refractivity contribution in [2.24, 2.45) is 5.73 Å². The third-order valence-electron chi connectivity index (χ3n) is 5.74. The Kier molecular flexibility index (Phi) is 8.66. The maximum absolute atomic E-state index is 12.8. The van der Waals surface area contributed by atoms with Crippen molar-refractivity contribution in [1.29, 1.82) is 0 Å². The van der Waals surface area contributed by atoms with Crippen molar-refractivity contribution >= 4 is 17.6 Å². The average Bonchev–Trinajstić information content (AvgIpc) is 3.32. The summed E-state index contributed by atoms with van der Waals surface area (Å²) in [4.78, 5) is 25.2. The standard InChI is InChI=1S/C25H33N7O5/c1-25(2,26)23(33)27-20(17-36-15-18-7-4-3-5-8-18)22-29-28-21-10-6-9-19(32(21)22)16-37-24(34)30-31-11-13-35-14-12-31/h3-10,20H,11-17,26H2,1-2H3,(H,27,33)(H,30,34)/t20-/m1/s1. The van der Waals surface area contributed by atoms with Gasteiger partial charge in [0, 0.05) is 13.1 Å². The summed E-state index contributed by atoms with van der Waals surface area (Å²) in [6.45, 7) is 5.96. The number of benzene rings is 1. The molecule has 0 bridgehead atoms. The lowest BCUT2D eigenvalue weighted by atomic mass is 10.1. The molecule has 2 amide bonds. The Morgan fingerprint density at radius 2 is 1.84 bits per heavy atom. The number of rotatable bonds is 10. The highest BCUT2D eigenvalue weighted by Crippen LogP contribution is 2.18. The van der Waals surface area contributed by atoms with Crippen molar-refractivity contribution in [1.82, 2.24) is 30.3 Å². The molecule has 4 rings (SSSR count). The van der Waals surface area contributed by atoms with Crippen LogP contribution in [0, 0.1) is 0 Å². The van der Waals surface area contributed by atoms with E-state index in [0.29, 0.717) is 50.1 Å². The molecule has 12 heteroatoms. The van der Waals surface area contributed by atoms with Gasteiger partial charge in [0.1, 0.15) is 12.6 Å². The van der Waals surface area contributed by atoms with E-state index in [1.807, 2.05) is 30.3 Å². The van der Waals surface area contributed by atoms with E-state index < -0.39 is 17.7 Å². The predicted octanol–water partition coefficient (Wildman–Crippen LogP) is 1.31. The van der Waals surface area contributed by atoms with E-state index in [-0.39, 0.29) is 19.1 Å². The van der Waals surface area contributed by atoms with Crippen LogP contribution in [0.1, 0.15) is 37.0 Å². The van der Waals surface area contributed by atoms with E-state index in [1.165, 1.54) is 0 Å². The molecule has 1 saturated heterocycles. The first-order valence-electron chi connectivity index (χ1n) is 12.1. The van der Waals surface area contributed by atoms with Crippen molar-refractivity contribution in [3.63, 3.8) is 0 Å². The van der Waals surface area contributed by atoms with Crippen LogP contribution in [0.5, 0.6) is 0 Å². The van der Waals surface area contributed by atoms with Crippen molar-refractivity contribution in [2.75, 3.05) is 32.9 Å². The molecule has 3 aromatic rings. The Hall–Kier alpha value is -3.58. The van der Waals surface area contributed by atoms with Crippen LogP contribution < -0.4 is 16.5 Å². The first-order chi connectivity index (χ1) is 17.8. The van der Waals surface area contributed by atoms with Gasteiger partial charge in [0.05, 0.1) is 37.7 Å². The minimum Gasteiger partial charge on any atom is -0.442 e. The Labute approximate surface area is 215 Å². The molecule has 3 heterocycles. The van der Waals surface area contributed by atoms with Crippen LogP contribution in [-0.4, -0.2) is 70.1 Å². The molecule has 1 aromatic carbocycles. The molecule has 198 valence electrons. The molecule has 0 aliphatic carbocycles. The molecule has 0 spiro atoms. The van der Waals surface area contributed by atoms with Crippen molar-refractivity contribution < 1.29 is 23.8 Å². The molecule has 1 atom stereocenters. The second-order valence-corrected chi connectivity index (χ2v) is 9.30. The number of ether oxygens (including phenoxy) is 3. The van der Waals surface area contributed by atoms with E-state index in [9.17, 15) is 9.59 Å². The van der Waals surface area contributed by atoms with Gasteiger partial charge in [-0.05, 0) is 31.5 Å². The fourth-order valence-electron chi connectivity index (χ4n) is 3.74. The third kappa shape index (κ3) is 7.23. The fraction of sp³-hybridized carbons (Fsp3) is 0.440. The van der Waals surface area contributed by atoms with Gasteiger partial charge in [0.2, 0.25) is 5.91 Å². The first kappa shape index (κ1) is 26.5. The zero-order chi connectivity index (χ0) is 26.3. The smallest absolute Gasteiger partial charge is 0.422 e. The largest absolute Gasteiger partial charge is 0.442 e. The van der Waals surface area contributed by atoms with E-state index >= 15 is 0 Å². The highest BCUT2D eigenvalue weighted by atomic mass is 16.6. The van der Waals surface area contributed by atoms with Crippen LogP contribution in [0.4, 0.5) is 4.79 Å². The number of fused-ring (bicyclic) bond motifs is 1. The Morgan fingerprint density at radius 3 is 2.57 bits per heavy atom. The number of hydrogen-bond donors (Lipinski definition) is 3. The molecular formula is C25H33N7O5. The lowest BCUT2D eigenvalue weighted by molar-refractivity contribution is -0.126. The number of pyridine rings is 1. The summed E-state index contributed by atoms with van der Waals surface area (Å²) in [6, 6.07) is 14.4. The number of morpholine rings is 1. The summed E-state index contributed by atoms with van der Waals surface area (Å²) in [6.07, 6.45) is -0.575. The van der Waals surface area contributed by atoms with Crippen LogP contribution >= 0.6 is 0 Å². The van der Waals surface area contributed by atoms with Gasteiger partial charge in [-0.15, -0.1) is 10.2 Å². The monoisotopic (exact) mass is 511 g/mol. The molecule has 1 aliphatic rings.